The van der Waals surface area contributed by atoms with Crippen LogP contribution in [0.4, 0.5) is 0 Å². The Bertz CT molecular complexity index is 1220. The number of nitrogens with two attached hydrogens (primary N) is 1. The fourth-order valence-electron chi connectivity index (χ4n) is 4.24. The molecule has 4 N–H and O–H groups in total. The molecule has 31 heavy (non-hydrogen) atoms. The monoisotopic (exact) mass is 415 g/mol. The maximum absolute atomic E-state index is 12.3. The van der Waals surface area contributed by atoms with Crippen LogP contribution in [-0.4, -0.2) is 33.6 Å². The van der Waals surface area contributed by atoms with Gasteiger partial charge in [0.15, 0.2) is 5.69 Å². The van der Waals surface area contributed by atoms with Gasteiger partial charge in [0, 0.05) is 11.1 Å². The number of ether oxygens (including phenoxy) is 1. The van der Waals surface area contributed by atoms with Crippen LogP contribution in [0.15, 0.2) is 54.7 Å². The van der Waals surface area contributed by atoms with Crippen LogP contribution in [0.1, 0.15) is 40.4 Å². The van der Waals surface area contributed by atoms with E-state index >= 15 is 0 Å². The number of nitrogens with one attached hydrogen (secondary N) is 2. The first kappa shape index (κ1) is 19.4. The third-order valence-corrected chi connectivity index (χ3v) is 5.90. The van der Waals surface area contributed by atoms with E-state index in [0.29, 0.717) is 17.3 Å². The first-order valence-corrected chi connectivity index (χ1v) is 10.6. The van der Waals surface area contributed by atoms with Gasteiger partial charge in [0.1, 0.15) is 17.1 Å². The molecule has 7 heteroatoms. The Kier molecular flexibility index (Phi) is 4.95. The lowest BCUT2D eigenvalue weighted by atomic mass is 9.92. The van der Waals surface area contributed by atoms with Gasteiger partial charge in [-0.25, -0.2) is 4.52 Å². The van der Waals surface area contributed by atoms with Crippen molar-refractivity contribution in [2.45, 2.75) is 25.7 Å². The van der Waals surface area contributed by atoms with Crippen LogP contribution in [0, 0.1) is 6.92 Å². The molecule has 1 fully saturated rings. The molecule has 1 amide bonds. The third-order valence-electron chi connectivity index (χ3n) is 5.90. The van der Waals surface area contributed by atoms with Crippen LogP contribution in [0.5, 0.6) is 11.5 Å². The summed E-state index contributed by atoms with van der Waals surface area (Å²) in [6.07, 6.45) is 3.95. The molecule has 0 aliphatic carbocycles. The highest BCUT2D eigenvalue weighted by Crippen LogP contribution is 2.33. The molecule has 0 saturated carbocycles. The zero-order valence-electron chi connectivity index (χ0n) is 17.4. The Hall–Kier alpha value is -3.58. The number of carbonyl (C=O) groups excluding carboxylic acids is 1. The molecule has 5 rings (SSSR count). The number of rotatable bonds is 5. The molecule has 158 valence electrons. The Labute approximate surface area is 180 Å². The van der Waals surface area contributed by atoms with Crippen molar-refractivity contribution < 1.29 is 9.53 Å². The molecule has 3 heterocycles. The SMILES string of the molecule is Cc1ccc(Oc2ccc(-c3[nH]c4c(C5CCNCC5)cnn4c3C(N)=O)cc2)cc1. The number of aromatic nitrogens is 3. The van der Waals surface area contributed by atoms with E-state index in [2.05, 4.69) is 15.4 Å². The second-order valence-corrected chi connectivity index (χ2v) is 8.04. The lowest BCUT2D eigenvalue weighted by molar-refractivity contribution is 0.0994. The van der Waals surface area contributed by atoms with Crippen LogP contribution < -0.4 is 15.8 Å². The summed E-state index contributed by atoms with van der Waals surface area (Å²) in [5.41, 5.74) is 10.8. The zero-order chi connectivity index (χ0) is 21.4. The first-order chi connectivity index (χ1) is 15.1. The van der Waals surface area contributed by atoms with Crippen LogP contribution in [-0.2, 0) is 0 Å². The molecule has 0 atom stereocenters. The van der Waals surface area contributed by atoms with Crippen molar-refractivity contribution >= 4 is 11.6 Å². The summed E-state index contributed by atoms with van der Waals surface area (Å²) in [5, 5.41) is 7.87. The first-order valence-electron chi connectivity index (χ1n) is 10.6. The highest BCUT2D eigenvalue weighted by molar-refractivity contribution is 5.98. The predicted octanol–water partition coefficient (Wildman–Crippen LogP) is 4.00. The van der Waals surface area contributed by atoms with Crippen LogP contribution in [0.2, 0.25) is 0 Å². The summed E-state index contributed by atoms with van der Waals surface area (Å²) in [7, 11) is 0. The number of fused-ring (bicyclic) bond motifs is 1. The number of H-pyrrole nitrogens is 1. The van der Waals surface area contributed by atoms with Gasteiger partial charge in [0.25, 0.3) is 5.91 Å². The predicted molar refractivity (Wildman–Crippen MR) is 120 cm³/mol. The third kappa shape index (κ3) is 3.68. The highest BCUT2D eigenvalue weighted by atomic mass is 16.5. The molecule has 1 aliphatic rings. The molecular formula is C24H25N5O2. The molecule has 0 bridgehead atoms. The zero-order valence-corrected chi connectivity index (χ0v) is 17.4. The van der Waals surface area contributed by atoms with E-state index in [1.807, 2.05) is 61.7 Å². The van der Waals surface area contributed by atoms with Crippen molar-refractivity contribution in [3.05, 3.63) is 71.5 Å². The van der Waals surface area contributed by atoms with Gasteiger partial charge in [-0.05, 0) is 75.2 Å². The summed E-state index contributed by atoms with van der Waals surface area (Å²) >= 11 is 0. The maximum atomic E-state index is 12.3. The summed E-state index contributed by atoms with van der Waals surface area (Å²) in [5.74, 6) is 1.40. The molecule has 2 aromatic carbocycles. The molecule has 4 aromatic rings. The van der Waals surface area contributed by atoms with Crippen LogP contribution in [0.3, 0.4) is 0 Å². The van der Waals surface area contributed by atoms with Crippen molar-refractivity contribution in [2.24, 2.45) is 5.73 Å². The molecule has 0 unspecified atom stereocenters. The van der Waals surface area contributed by atoms with Crippen LogP contribution in [0.25, 0.3) is 16.9 Å². The van der Waals surface area contributed by atoms with Crippen molar-refractivity contribution in [3.8, 4) is 22.8 Å². The van der Waals surface area contributed by atoms with Gasteiger partial charge in [-0.2, -0.15) is 5.10 Å². The van der Waals surface area contributed by atoms with Crippen molar-refractivity contribution in [1.82, 2.24) is 19.9 Å². The lowest BCUT2D eigenvalue weighted by Crippen LogP contribution is -2.26. The second-order valence-electron chi connectivity index (χ2n) is 8.04. The van der Waals surface area contributed by atoms with E-state index in [1.165, 1.54) is 5.56 Å². The number of amides is 1. The number of imidazole rings is 1. The molecule has 0 spiro atoms. The average molecular weight is 415 g/mol. The Morgan fingerprint density at radius 3 is 2.35 bits per heavy atom. The van der Waals surface area contributed by atoms with E-state index in [-0.39, 0.29) is 0 Å². The van der Waals surface area contributed by atoms with Crippen molar-refractivity contribution in [1.29, 1.82) is 0 Å². The lowest BCUT2D eigenvalue weighted by Gasteiger charge is -2.21. The summed E-state index contributed by atoms with van der Waals surface area (Å²) in [4.78, 5) is 15.7. The minimum absolute atomic E-state index is 0.363. The highest BCUT2D eigenvalue weighted by Gasteiger charge is 2.25. The van der Waals surface area contributed by atoms with E-state index in [4.69, 9.17) is 10.5 Å². The van der Waals surface area contributed by atoms with Gasteiger partial charge in [-0.1, -0.05) is 17.7 Å². The number of piperidine rings is 1. The fourth-order valence-corrected chi connectivity index (χ4v) is 4.24. The van der Waals surface area contributed by atoms with Crippen molar-refractivity contribution in [3.63, 3.8) is 0 Å². The molecule has 0 radical (unpaired) electrons. The number of nitrogens with zero attached hydrogens (tertiary/aromatic N) is 2. The molecule has 1 saturated heterocycles. The van der Waals surface area contributed by atoms with Gasteiger partial charge >= 0.3 is 0 Å². The summed E-state index contributed by atoms with van der Waals surface area (Å²) < 4.78 is 7.56. The van der Waals surface area contributed by atoms with Gasteiger partial charge in [-0.15, -0.1) is 0 Å². The number of benzene rings is 2. The second kappa shape index (κ2) is 7.92. The molecular weight excluding hydrogens is 390 g/mol. The minimum atomic E-state index is -0.513. The smallest absolute Gasteiger partial charge is 0.269 e. The van der Waals surface area contributed by atoms with Gasteiger partial charge in [0.2, 0.25) is 0 Å². The Morgan fingerprint density at radius 2 is 1.71 bits per heavy atom. The minimum Gasteiger partial charge on any atom is -0.457 e. The quantitative estimate of drug-likeness (QED) is 0.459. The number of aromatic amines is 1. The normalized spacial score (nSPS) is 14.7. The molecule has 7 nitrogen and oxygen atoms in total. The molecule has 2 aromatic heterocycles. The van der Waals surface area contributed by atoms with Gasteiger partial charge in [-0.3, -0.25) is 4.79 Å². The molecule has 1 aliphatic heterocycles. The topological polar surface area (TPSA) is 97.4 Å². The average Bonchev–Trinajstić information content (AvgIpc) is 3.36. The number of carbonyl (C=O) groups is 1. The van der Waals surface area contributed by atoms with Crippen LogP contribution >= 0.6 is 0 Å². The number of aryl methyl sites for hydroxylation is 1. The van der Waals surface area contributed by atoms with Gasteiger partial charge < -0.3 is 20.8 Å². The van der Waals surface area contributed by atoms with E-state index < -0.39 is 5.91 Å². The number of hydrogen-bond acceptors (Lipinski definition) is 4. The summed E-state index contributed by atoms with van der Waals surface area (Å²) in [6, 6.07) is 15.5. The summed E-state index contributed by atoms with van der Waals surface area (Å²) in [6.45, 7) is 4.01. The largest absolute Gasteiger partial charge is 0.457 e. The van der Waals surface area contributed by atoms with E-state index in [0.717, 1.165) is 54.2 Å². The standard InChI is InChI=1S/C24H25N5O2/c1-15-2-6-18(7-3-15)31-19-8-4-17(5-9-19)21-22(23(25)30)29-24(28-21)20(14-27-29)16-10-12-26-13-11-16/h2-9,14,16,26,28H,10-13H2,1H3,(H2,25,30). The number of primary amides is 1. The number of hydrogen-bond donors (Lipinski definition) is 3. The van der Waals surface area contributed by atoms with Crippen molar-refractivity contribution in [2.75, 3.05) is 13.1 Å². The maximum Gasteiger partial charge on any atom is 0.269 e. The Balaban J connectivity index is 1.48. The fraction of sp³-hybridized carbons (Fsp3) is 0.250. The van der Waals surface area contributed by atoms with E-state index in [1.54, 1.807) is 4.52 Å². The Morgan fingerprint density at radius 1 is 1.06 bits per heavy atom. The van der Waals surface area contributed by atoms with E-state index in [9.17, 15) is 4.79 Å². The van der Waals surface area contributed by atoms with Gasteiger partial charge in [0.05, 0.1) is 11.9 Å².